The van der Waals surface area contributed by atoms with Crippen LogP contribution < -0.4 is 19.9 Å². The van der Waals surface area contributed by atoms with Crippen LogP contribution in [0.1, 0.15) is 22.7 Å². The average Bonchev–Trinajstić information content (AvgIpc) is 3.31. The second-order valence-corrected chi connectivity index (χ2v) is 6.59. The van der Waals surface area contributed by atoms with Crippen LogP contribution in [0.4, 0.5) is 0 Å². The highest BCUT2D eigenvalue weighted by Gasteiger charge is 2.36. The van der Waals surface area contributed by atoms with Crippen molar-refractivity contribution in [3.8, 4) is 29.1 Å². The largest absolute Gasteiger partial charge is 0.454 e. The summed E-state index contributed by atoms with van der Waals surface area (Å²) in [5, 5.41) is 14.4. The fraction of sp³-hybridized carbons (Fsp3) is 0.143. The molecule has 0 radical (unpaired) electrons. The van der Waals surface area contributed by atoms with E-state index in [0.29, 0.717) is 23.0 Å². The van der Waals surface area contributed by atoms with Crippen molar-refractivity contribution in [1.82, 2.24) is 9.78 Å². The van der Waals surface area contributed by atoms with Crippen molar-refractivity contribution in [2.24, 2.45) is 5.73 Å². The molecule has 3 aromatic rings. The van der Waals surface area contributed by atoms with Gasteiger partial charge in [-0.1, -0.05) is 24.3 Å². The number of fused-ring (bicyclic) bond motifs is 2. The zero-order valence-corrected chi connectivity index (χ0v) is 15.0. The van der Waals surface area contributed by atoms with Gasteiger partial charge in [0.2, 0.25) is 18.6 Å². The van der Waals surface area contributed by atoms with E-state index in [9.17, 15) is 5.26 Å². The SMILES string of the molecule is Cc1nn(-c2ccccc2)c2c1C(c1ccc3c(c1)OCO3)C(C#N)=C(N)O2. The summed E-state index contributed by atoms with van der Waals surface area (Å²) in [4.78, 5) is 0. The maximum Gasteiger partial charge on any atom is 0.231 e. The first kappa shape index (κ1) is 16.3. The molecule has 3 heterocycles. The summed E-state index contributed by atoms with van der Waals surface area (Å²) in [5.41, 5.74) is 9.78. The molecule has 0 spiro atoms. The Morgan fingerprint density at radius 3 is 2.71 bits per heavy atom. The molecular formula is C21H16N4O3. The highest BCUT2D eigenvalue weighted by molar-refractivity contribution is 5.59. The van der Waals surface area contributed by atoms with E-state index >= 15 is 0 Å². The van der Waals surface area contributed by atoms with Gasteiger partial charge < -0.3 is 19.9 Å². The molecule has 1 aromatic heterocycles. The second kappa shape index (κ2) is 6.06. The van der Waals surface area contributed by atoms with Gasteiger partial charge in [-0.05, 0) is 36.8 Å². The van der Waals surface area contributed by atoms with Crippen LogP contribution in [0.15, 0.2) is 60.0 Å². The summed E-state index contributed by atoms with van der Waals surface area (Å²) in [6.45, 7) is 2.09. The lowest BCUT2D eigenvalue weighted by atomic mass is 9.84. The zero-order chi connectivity index (χ0) is 19.3. The Hall–Kier alpha value is -3.92. The van der Waals surface area contributed by atoms with E-state index in [2.05, 4.69) is 11.2 Å². The molecule has 0 saturated carbocycles. The minimum Gasteiger partial charge on any atom is -0.454 e. The molecule has 28 heavy (non-hydrogen) atoms. The Morgan fingerprint density at radius 2 is 1.93 bits per heavy atom. The van der Waals surface area contributed by atoms with E-state index in [4.69, 9.17) is 19.9 Å². The molecule has 0 aliphatic carbocycles. The molecule has 0 amide bonds. The molecule has 2 N–H and O–H groups in total. The topological polar surface area (TPSA) is 95.3 Å². The van der Waals surface area contributed by atoms with Gasteiger partial charge in [-0.3, -0.25) is 0 Å². The van der Waals surface area contributed by atoms with E-state index < -0.39 is 5.92 Å². The van der Waals surface area contributed by atoms with Gasteiger partial charge in [-0.15, -0.1) is 0 Å². The van der Waals surface area contributed by atoms with Gasteiger partial charge in [0.15, 0.2) is 11.5 Å². The number of allylic oxidation sites excluding steroid dienone is 1. The summed E-state index contributed by atoms with van der Waals surface area (Å²) in [5.74, 6) is 1.52. The maximum absolute atomic E-state index is 9.78. The highest BCUT2D eigenvalue weighted by atomic mass is 16.7. The third-order valence-electron chi connectivity index (χ3n) is 4.96. The molecule has 0 fully saturated rings. The third-order valence-corrected chi connectivity index (χ3v) is 4.96. The fourth-order valence-electron chi connectivity index (χ4n) is 3.68. The highest BCUT2D eigenvalue weighted by Crippen LogP contribution is 2.46. The molecule has 0 saturated heterocycles. The number of aromatic nitrogens is 2. The minimum atomic E-state index is -0.402. The molecule has 138 valence electrons. The molecule has 2 aliphatic rings. The number of hydrogen-bond donors (Lipinski definition) is 1. The number of aryl methyl sites for hydroxylation is 1. The van der Waals surface area contributed by atoms with Gasteiger partial charge in [0.1, 0.15) is 11.6 Å². The first-order chi connectivity index (χ1) is 13.7. The maximum atomic E-state index is 9.78. The van der Waals surface area contributed by atoms with Gasteiger partial charge in [0.05, 0.1) is 22.9 Å². The lowest BCUT2D eigenvalue weighted by Crippen LogP contribution is -2.22. The van der Waals surface area contributed by atoms with Crippen LogP contribution in [0.3, 0.4) is 0 Å². The molecule has 2 aromatic carbocycles. The van der Waals surface area contributed by atoms with Crippen LogP contribution >= 0.6 is 0 Å². The zero-order valence-electron chi connectivity index (χ0n) is 15.0. The van der Waals surface area contributed by atoms with Crippen molar-refractivity contribution in [3.63, 3.8) is 0 Å². The van der Waals surface area contributed by atoms with E-state index in [1.54, 1.807) is 4.68 Å². The second-order valence-electron chi connectivity index (χ2n) is 6.59. The van der Waals surface area contributed by atoms with Crippen LogP contribution in [-0.2, 0) is 0 Å². The van der Waals surface area contributed by atoms with Crippen molar-refractivity contribution in [2.75, 3.05) is 6.79 Å². The Balaban J connectivity index is 1.72. The number of rotatable bonds is 2. The number of hydrogen-bond acceptors (Lipinski definition) is 6. The Kier molecular flexibility index (Phi) is 3.52. The summed E-state index contributed by atoms with van der Waals surface area (Å²) < 4.78 is 18.5. The van der Waals surface area contributed by atoms with Crippen molar-refractivity contribution >= 4 is 0 Å². The molecular weight excluding hydrogens is 356 g/mol. The Morgan fingerprint density at radius 1 is 1.14 bits per heavy atom. The molecule has 1 unspecified atom stereocenters. The number of ether oxygens (including phenoxy) is 3. The predicted octanol–water partition coefficient (Wildman–Crippen LogP) is 3.13. The van der Waals surface area contributed by atoms with Crippen molar-refractivity contribution in [1.29, 1.82) is 5.26 Å². The standard InChI is InChI=1S/C21H16N4O3/c1-12-18-19(13-7-8-16-17(9-13)27-11-26-16)15(10-22)20(23)28-21(18)25(24-12)14-5-3-2-4-6-14/h2-9,19H,11,23H2,1H3. The number of nitrogens with zero attached hydrogens (tertiary/aromatic N) is 3. The fourth-order valence-corrected chi connectivity index (χ4v) is 3.68. The summed E-state index contributed by atoms with van der Waals surface area (Å²) in [7, 11) is 0. The molecule has 5 rings (SSSR count). The average molecular weight is 372 g/mol. The number of nitriles is 1. The van der Waals surface area contributed by atoms with E-state index in [1.807, 2.05) is 55.5 Å². The lowest BCUT2D eigenvalue weighted by Gasteiger charge is -2.25. The Labute approximate surface area is 161 Å². The van der Waals surface area contributed by atoms with Gasteiger partial charge in [0, 0.05) is 0 Å². The predicted molar refractivity (Wildman–Crippen MR) is 100 cm³/mol. The summed E-state index contributed by atoms with van der Waals surface area (Å²) in [6.07, 6.45) is 0. The first-order valence-electron chi connectivity index (χ1n) is 8.79. The van der Waals surface area contributed by atoms with Crippen molar-refractivity contribution in [3.05, 3.63) is 76.8 Å². The normalized spacial score (nSPS) is 17.1. The summed E-state index contributed by atoms with van der Waals surface area (Å²) >= 11 is 0. The molecule has 1 atom stereocenters. The van der Waals surface area contributed by atoms with E-state index in [-0.39, 0.29) is 12.7 Å². The molecule has 7 heteroatoms. The summed E-state index contributed by atoms with van der Waals surface area (Å²) in [6, 6.07) is 17.5. The van der Waals surface area contributed by atoms with Crippen LogP contribution in [0.5, 0.6) is 17.4 Å². The molecule has 7 nitrogen and oxygen atoms in total. The van der Waals surface area contributed by atoms with Gasteiger partial charge >= 0.3 is 0 Å². The Bertz CT molecular complexity index is 1160. The third kappa shape index (κ3) is 2.32. The van der Waals surface area contributed by atoms with Gasteiger partial charge in [0.25, 0.3) is 0 Å². The minimum absolute atomic E-state index is 0.0785. The lowest BCUT2D eigenvalue weighted by molar-refractivity contribution is 0.174. The first-order valence-corrected chi connectivity index (χ1v) is 8.79. The number of para-hydroxylation sites is 1. The van der Waals surface area contributed by atoms with Crippen LogP contribution in [0.2, 0.25) is 0 Å². The monoisotopic (exact) mass is 372 g/mol. The van der Waals surface area contributed by atoms with Gasteiger partial charge in [-0.2, -0.15) is 10.4 Å². The number of benzene rings is 2. The quantitative estimate of drug-likeness (QED) is 0.743. The van der Waals surface area contributed by atoms with Crippen molar-refractivity contribution in [2.45, 2.75) is 12.8 Å². The van der Waals surface area contributed by atoms with Crippen LogP contribution in [0, 0.1) is 18.3 Å². The van der Waals surface area contributed by atoms with Crippen LogP contribution in [-0.4, -0.2) is 16.6 Å². The smallest absolute Gasteiger partial charge is 0.231 e. The van der Waals surface area contributed by atoms with Crippen molar-refractivity contribution < 1.29 is 14.2 Å². The van der Waals surface area contributed by atoms with E-state index in [1.165, 1.54) is 0 Å². The van der Waals surface area contributed by atoms with E-state index in [0.717, 1.165) is 22.5 Å². The van der Waals surface area contributed by atoms with Gasteiger partial charge in [-0.25, -0.2) is 4.68 Å². The molecule has 0 bridgehead atoms. The van der Waals surface area contributed by atoms with Crippen LogP contribution in [0.25, 0.3) is 5.69 Å². The molecule has 2 aliphatic heterocycles. The number of nitrogens with two attached hydrogens (primary N) is 1.